The van der Waals surface area contributed by atoms with Crippen LogP contribution in [-0.4, -0.2) is 51.4 Å². The quantitative estimate of drug-likeness (QED) is 0.712. The van der Waals surface area contributed by atoms with Crippen molar-refractivity contribution in [2.45, 2.75) is 13.0 Å². The van der Waals surface area contributed by atoms with Gasteiger partial charge >= 0.3 is 0 Å². The van der Waals surface area contributed by atoms with Crippen molar-refractivity contribution < 1.29 is 9.18 Å². The van der Waals surface area contributed by atoms with Gasteiger partial charge in [0.1, 0.15) is 11.5 Å². The number of fused-ring (bicyclic) bond motifs is 2. The van der Waals surface area contributed by atoms with E-state index in [1.807, 2.05) is 7.05 Å². The second kappa shape index (κ2) is 6.23. The van der Waals surface area contributed by atoms with Gasteiger partial charge in [-0.1, -0.05) is 0 Å². The van der Waals surface area contributed by atoms with E-state index in [1.54, 1.807) is 29.9 Å². The van der Waals surface area contributed by atoms with Gasteiger partial charge in [-0.05, 0) is 25.8 Å². The van der Waals surface area contributed by atoms with Crippen LogP contribution in [-0.2, 0) is 0 Å². The number of nitrogens with zero attached hydrogens (tertiary/aromatic N) is 5. The summed E-state index contributed by atoms with van der Waals surface area (Å²) in [5.41, 5.74) is 1.44. The van der Waals surface area contributed by atoms with Gasteiger partial charge in [0.25, 0.3) is 5.91 Å². The molecule has 9 heteroatoms. The number of hydrogen-bond donors (Lipinski definition) is 2. The molecule has 2 atom stereocenters. The maximum atomic E-state index is 14.2. The molecule has 28 heavy (non-hydrogen) atoms. The summed E-state index contributed by atoms with van der Waals surface area (Å²) in [4.78, 5) is 27.4. The maximum Gasteiger partial charge on any atom is 0.275 e. The smallest absolute Gasteiger partial charge is 0.275 e. The van der Waals surface area contributed by atoms with Gasteiger partial charge in [-0.3, -0.25) is 4.79 Å². The lowest BCUT2D eigenvalue weighted by Crippen LogP contribution is -2.30. The number of halogens is 1. The van der Waals surface area contributed by atoms with E-state index in [0.717, 1.165) is 18.9 Å². The van der Waals surface area contributed by atoms with Crippen LogP contribution >= 0.6 is 0 Å². The lowest BCUT2D eigenvalue weighted by atomic mass is 10.3. The predicted molar refractivity (Wildman–Crippen MR) is 102 cm³/mol. The van der Waals surface area contributed by atoms with Crippen LogP contribution < -0.4 is 15.5 Å². The highest BCUT2D eigenvalue weighted by atomic mass is 19.1. The number of aromatic nitrogens is 4. The highest BCUT2D eigenvalue weighted by Gasteiger charge is 2.55. The van der Waals surface area contributed by atoms with Crippen molar-refractivity contribution in [3.63, 3.8) is 0 Å². The summed E-state index contributed by atoms with van der Waals surface area (Å²) in [5, 5.41) is 5.99. The molecule has 0 spiro atoms. The van der Waals surface area contributed by atoms with Crippen LogP contribution in [0.1, 0.15) is 16.2 Å². The van der Waals surface area contributed by atoms with E-state index in [2.05, 4.69) is 30.5 Å². The first-order chi connectivity index (χ1) is 13.5. The number of amides is 1. The Morgan fingerprint density at radius 1 is 1.21 bits per heavy atom. The Labute approximate surface area is 160 Å². The molecule has 1 aliphatic carbocycles. The van der Waals surface area contributed by atoms with Crippen molar-refractivity contribution in [1.29, 1.82) is 0 Å². The van der Waals surface area contributed by atoms with Crippen LogP contribution in [0.3, 0.4) is 0 Å². The SMILES string of the molecule is CNC1C2CN(c3cnc(C(=O)Nc4cc(F)c5nc(C)cn5c4)cn3)CC21. The van der Waals surface area contributed by atoms with Crippen molar-refractivity contribution in [3.05, 3.63) is 48.1 Å². The molecule has 3 aromatic rings. The predicted octanol–water partition coefficient (Wildman–Crippen LogP) is 1.48. The highest BCUT2D eigenvalue weighted by molar-refractivity contribution is 6.02. The van der Waals surface area contributed by atoms with Crippen LogP contribution in [0.15, 0.2) is 30.9 Å². The highest BCUT2D eigenvalue weighted by Crippen LogP contribution is 2.46. The fraction of sp³-hybridized carbons (Fsp3) is 0.368. The van der Waals surface area contributed by atoms with E-state index >= 15 is 0 Å². The van der Waals surface area contributed by atoms with Crippen molar-refractivity contribution in [3.8, 4) is 0 Å². The molecule has 1 saturated heterocycles. The number of anilines is 2. The van der Waals surface area contributed by atoms with Gasteiger partial charge in [0.15, 0.2) is 11.5 Å². The fourth-order valence-corrected chi connectivity index (χ4v) is 4.19. The zero-order chi connectivity index (χ0) is 19.4. The first kappa shape index (κ1) is 17.1. The molecule has 0 aromatic carbocycles. The van der Waals surface area contributed by atoms with Crippen molar-refractivity contribution in [2.75, 3.05) is 30.4 Å². The molecule has 3 aromatic heterocycles. The molecule has 5 rings (SSSR count). The third kappa shape index (κ3) is 2.78. The van der Waals surface area contributed by atoms with Crippen LogP contribution in [0.25, 0.3) is 5.65 Å². The number of imidazole rings is 1. The summed E-state index contributed by atoms with van der Waals surface area (Å²) in [6.45, 7) is 3.70. The van der Waals surface area contributed by atoms with Crippen LogP contribution in [0, 0.1) is 24.6 Å². The fourth-order valence-electron chi connectivity index (χ4n) is 4.19. The van der Waals surface area contributed by atoms with E-state index in [0.29, 0.717) is 29.3 Å². The third-order valence-electron chi connectivity index (χ3n) is 5.61. The van der Waals surface area contributed by atoms with Crippen LogP contribution in [0.4, 0.5) is 15.9 Å². The Balaban J connectivity index is 1.28. The molecule has 0 bridgehead atoms. The van der Waals surface area contributed by atoms with E-state index in [-0.39, 0.29) is 11.3 Å². The average Bonchev–Trinajstić information content (AvgIpc) is 3.00. The number of rotatable bonds is 4. The standard InChI is InChI=1S/C19H20FN7O/c1-10-6-27-7-11(3-14(20)18(27)24-10)25-19(28)15-4-23-16(5-22-15)26-8-12-13(9-26)17(12)21-2/h3-7,12-13,17,21H,8-9H2,1-2H3,(H,25,28). The Kier molecular flexibility index (Phi) is 3.80. The number of carbonyl (C=O) groups excluding carboxylic acids is 1. The Hall–Kier alpha value is -3.07. The maximum absolute atomic E-state index is 14.2. The second-order valence-corrected chi connectivity index (χ2v) is 7.45. The van der Waals surface area contributed by atoms with Gasteiger partial charge in [0.05, 0.1) is 23.8 Å². The number of aryl methyl sites for hydroxylation is 1. The first-order valence-corrected chi connectivity index (χ1v) is 9.24. The normalized spacial score (nSPS) is 23.1. The number of hydrogen-bond acceptors (Lipinski definition) is 6. The lowest BCUT2D eigenvalue weighted by molar-refractivity contribution is 0.102. The largest absolute Gasteiger partial charge is 0.355 e. The topological polar surface area (TPSA) is 87.5 Å². The van der Waals surface area contributed by atoms with Gasteiger partial charge in [0, 0.05) is 37.6 Å². The minimum Gasteiger partial charge on any atom is -0.355 e. The Morgan fingerprint density at radius 3 is 2.68 bits per heavy atom. The summed E-state index contributed by atoms with van der Waals surface area (Å²) >= 11 is 0. The molecule has 0 radical (unpaired) electrons. The summed E-state index contributed by atoms with van der Waals surface area (Å²) in [7, 11) is 2.00. The molecule has 2 aliphatic rings. The van der Waals surface area contributed by atoms with Gasteiger partial charge in [0.2, 0.25) is 0 Å². The molecule has 8 nitrogen and oxygen atoms in total. The van der Waals surface area contributed by atoms with E-state index in [1.165, 1.54) is 12.3 Å². The molecule has 2 N–H and O–H groups in total. The first-order valence-electron chi connectivity index (χ1n) is 9.24. The summed E-state index contributed by atoms with van der Waals surface area (Å²) < 4.78 is 15.7. The van der Waals surface area contributed by atoms with E-state index in [9.17, 15) is 9.18 Å². The minimum atomic E-state index is -0.500. The number of nitrogens with one attached hydrogen (secondary N) is 2. The summed E-state index contributed by atoms with van der Waals surface area (Å²) in [6, 6.07) is 1.86. The molecule has 1 aliphatic heterocycles. The molecule has 2 fully saturated rings. The summed E-state index contributed by atoms with van der Waals surface area (Å²) in [5.74, 6) is 1.19. The second-order valence-electron chi connectivity index (χ2n) is 7.45. The minimum absolute atomic E-state index is 0.184. The van der Waals surface area contributed by atoms with Gasteiger partial charge in [-0.2, -0.15) is 0 Å². The summed E-state index contributed by atoms with van der Waals surface area (Å²) in [6.07, 6.45) is 6.40. The zero-order valence-electron chi connectivity index (χ0n) is 15.6. The molecule has 1 amide bonds. The van der Waals surface area contributed by atoms with Crippen molar-refractivity contribution in [2.24, 2.45) is 11.8 Å². The van der Waals surface area contributed by atoms with Gasteiger partial charge in [-0.15, -0.1) is 0 Å². The van der Waals surface area contributed by atoms with Gasteiger partial charge in [-0.25, -0.2) is 19.3 Å². The Bertz CT molecular complexity index is 1050. The third-order valence-corrected chi connectivity index (χ3v) is 5.61. The zero-order valence-corrected chi connectivity index (χ0v) is 15.6. The molecule has 144 valence electrons. The van der Waals surface area contributed by atoms with Crippen molar-refractivity contribution in [1.82, 2.24) is 24.7 Å². The molecule has 2 unspecified atom stereocenters. The van der Waals surface area contributed by atoms with Crippen LogP contribution in [0.5, 0.6) is 0 Å². The molecular weight excluding hydrogens is 361 g/mol. The average molecular weight is 381 g/mol. The van der Waals surface area contributed by atoms with Crippen molar-refractivity contribution >= 4 is 23.1 Å². The Morgan fingerprint density at radius 2 is 2.00 bits per heavy atom. The number of pyridine rings is 1. The number of piperidine rings is 1. The molecular formula is C19H20FN7O. The number of carbonyl (C=O) groups is 1. The van der Waals surface area contributed by atoms with Gasteiger partial charge < -0.3 is 19.9 Å². The molecule has 4 heterocycles. The van der Waals surface area contributed by atoms with E-state index in [4.69, 9.17) is 0 Å². The lowest BCUT2D eigenvalue weighted by Gasteiger charge is -2.20. The monoisotopic (exact) mass is 381 g/mol. The molecule has 1 saturated carbocycles. The van der Waals surface area contributed by atoms with Crippen LogP contribution in [0.2, 0.25) is 0 Å². The van der Waals surface area contributed by atoms with E-state index < -0.39 is 11.7 Å².